The van der Waals surface area contributed by atoms with Crippen LogP contribution in [-0.4, -0.2) is 29.7 Å². The summed E-state index contributed by atoms with van der Waals surface area (Å²) in [6.45, 7) is 8.44. The van der Waals surface area contributed by atoms with Gasteiger partial charge in [-0.1, -0.05) is 0 Å². The third kappa shape index (κ3) is 2.37. The first-order valence-electron chi connectivity index (χ1n) is 6.96. The van der Waals surface area contributed by atoms with Crippen molar-refractivity contribution in [3.63, 3.8) is 0 Å². The second kappa shape index (κ2) is 4.58. The number of nitrogens with zero attached hydrogens (tertiary/aromatic N) is 5. The molecule has 21 heavy (non-hydrogen) atoms. The summed E-state index contributed by atoms with van der Waals surface area (Å²) in [7, 11) is 1.94. The molecule has 0 aromatic carbocycles. The topological polar surface area (TPSA) is 60.0 Å². The molecule has 0 bridgehead atoms. The molecule has 0 saturated carbocycles. The summed E-state index contributed by atoms with van der Waals surface area (Å²) in [6.07, 6.45) is 7.31. The Bertz CT molecular complexity index is 790. The Labute approximate surface area is 123 Å². The normalized spacial score (nSPS) is 12.0. The lowest BCUT2D eigenvalue weighted by Crippen LogP contribution is -2.27. The van der Waals surface area contributed by atoms with E-state index in [2.05, 4.69) is 36.2 Å². The van der Waals surface area contributed by atoms with Crippen LogP contribution in [-0.2, 0) is 7.05 Å². The average Bonchev–Trinajstić information content (AvgIpc) is 2.91. The van der Waals surface area contributed by atoms with Crippen LogP contribution in [0, 0.1) is 6.92 Å². The second-order valence-corrected chi connectivity index (χ2v) is 6.26. The van der Waals surface area contributed by atoms with Crippen LogP contribution in [0.5, 0.6) is 0 Å². The number of imidazole rings is 1. The molecule has 0 unspecified atom stereocenters. The number of hydrogen-bond donors (Lipinski definition) is 1. The molecule has 110 valence electrons. The standard InChI is InChI=1S/C15H20N6/c1-10-11(8-17-20(10)5)13-14(19-15(2,3)4)21-7-6-16-9-12(21)18-13/h6-9,19H,1-5H3. The van der Waals surface area contributed by atoms with Crippen molar-refractivity contribution in [1.82, 2.24) is 24.1 Å². The van der Waals surface area contributed by atoms with Crippen molar-refractivity contribution in [2.45, 2.75) is 33.2 Å². The van der Waals surface area contributed by atoms with Crippen LogP contribution in [0.4, 0.5) is 5.82 Å². The predicted octanol–water partition coefficient (Wildman–Crippen LogP) is 2.65. The summed E-state index contributed by atoms with van der Waals surface area (Å²) in [5.41, 5.74) is 3.78. The van der Waals surface area contributed by atoms with Crippen LogP contribution >= 0.6 is 0 Å². The van der Waals surface area contributed by atoms with E-state index < -0.39 is 0 Å². The van der Waals surface area contributed by atoms with Crippen LogP contribution in [0.2, 0.25) is 0 Å². The summed E-state index contributed by atoms with van der Waals surface area (Å²) in [6, 6.07) is 0. The van der Waals surface area contributed by atoms with E-state index in [0.717, 1.165) is 28.4 Å². The summed E-state index contributed by atoms with van der Waals surface area (Å²) >= 11 is 0. The van der Waals surface area contributed by atoms with E-state index >= 15 is 0 Å². The molecule has 6 nitrogen and oxygen atoms in total. The molecule has 0 aliphatic carbocycles. The molecule has 0 fully saturated rings. The zero-order valence-corrected chi connectivity index (χ0v) is 13.0. The van der Waals surface area contributed by atoms with Gasteiger partial charge >= 0.3 is 0 Å². The number of aromatic nitrogens is 5. The molecule has 6 heteroatoms. The minimum atomic E-state index is -0.0654. The number of nitrogens with one attached hydrogen (secondary N) is 1. The van der Waals surface area contributed by atoms with E-state index in [1.54, 1.807) is 12.4 Å². The van der Waals surface area contributed by atoms with Gasteiger partial charge in [0.15, 0.2) is 5.65 Å². The maximum Gasteiger partial charge on any atom is 0.157 e. The first kappa shape index (κ1) is 13.6. The Balaban J connectivity index is 2.26. The molecule has 3 heterocycles. The maximum atomic E-state index is 4.73. The second-order valence-electron chi connectivity index (χ2n) is 6.26. The van der Waals surface area contributed by atoms with Crippen molar-refractivity contribution in [2.24, 2.45) is 7.05 Å². The number of rotatable bonds is 2. The number of anilines is 1. The van der Waals surface area contributed by atoms with Crippen LogP contribution in [0.25, 0.3) is 16.9 Å². The van der Waals surface area contributed by atoms with E-state index in [0.29, 0.717) is 0 Å². The first-order valence-corrected chi connectivity index (χ1v) is 6.96. The molecule has 0 atom stereocenters. The van der Waals surface area contributed by atoms with Gasteiger partial charge in [-0.05, 0) is 27.7 Å². The Morgan fingerprint density at radius 1 is 1.19 bits per heavy atom. The van der Waals surface area contributed by atoms with Crippen LogP contribution in [0.1, 0.15) is 26.5 Å². The van der Waals surface area contributed by atoms with Crippen molar-refractivity contribution in [2.75, 3.05) is 5.32 Å². The smallest absolute Gasteiger partial charge is 0.157 e. The Hall–Kier alpha value is -2.37. The molecule has 3 rings (SSSR count). The number of aryl methyl sites for hydroxylation is 1. The third-order valence-electron chi connectivity index (χ3n) is 3.41. The van der Waals surface area contributed by atoms with E-state index in [1.807, 2.05) is 35.4 Å². The van der Waals surface area contributed by atoms with Gasteiger partial charge < -0.3 is 5.32 Å². The summed E-state index contributed by atoms with van der Waals surface area (Å²) in [5.74, 6) is 0.969. The average molecular weight is 284 g/mol. The van der Waals surface area contributed by atoms with Crippen molar-refractivity contribution in [3.05, 3.63) is 30.5 Å². The molecule has 3 aromatic rings. The summed E-state index contributed by atoms with van der Waals surface area (Å²) in [4.78, 5) is 8.88. The lowest BCUT2D eigenvalue weighted by Gasteiger charge is -2.22. The van der Waals surface area contributed by atoms with E-state index in [1.165, 1.54) is 0 Å². The van der Waals surface area contributed by atoms with Gasteiger partial charge in [-0.15, -0.1) is 0 Å². The van der Waals surface area contributed by atoms with Gasteiger partial charge in [0.05, 0.1) is 12.4 Å². The monoisotopic (exact) mass is 284 g/mol. The largest absolute Gasteiger partial charge is 0.365 e. The molecule has 0 aliphatic heterocycles. The Morgan fingerprint density at radius 2 is 1.95 bits per heavy atom. The highest BCUT2D eigenvalue weighted by molar-refractivity contribution is 5.77. The summed E-state index contributed by atoms with van der Waals surface area (Å²) < 4.78 is 3.89. The van der Waals surface area contributed by atoms with Crippen molar-refractivity contribution < 1.29 is 0 Å². The van der Waals surface area contributed by atoms with Gasteiger partial charge in [0, 0.05) is 36.2 Å². The van der Waals surface area contributed by atoms with Crippen molar-refractivity contribution in [1.29, 1.82) is 0 Å². The van der Waals surface area contributed by atoms with E-state index in [-0.39, 0.29) is 5.54 Å². The molecule has 1 N–H and O–H groups in total. The lowest BCUT2D eigenvalue weighted by molar-refractivity contribution is 0.629. The highest BCUT2D eigenvalue weighted by Gasteiger charge is 2.21. The first-order chi connectivity index (χ1) is 9.87. The van der Waals surface area contributed by atoms with Gasteiger partial charge in [0.2, 0.25) is 0 Å². The molecule has 0 amide bonds. The predicted molar refractivity (Wildman–Crippen MR) is 83.3 cm³/mol. The van der Waals surface area contributed by atoms with Gasteiger partial charge in [0.1, 0.15) is 11.5 Å². The summed E-state index contributed by atoms with van der Waals surface area (Å²) in [5, 5.41) is 7.87. The maximum absolute atomic E-state index is 4.73. The van der Waals surface area contributed by atoms with Crippen molar-refractivity contribution >= 4 is 11.5 Å². The molecule has 0 saturated heterocycles. The zero-order chi connectivity index (χ0) is 15.2. The molecule has 0 spiro atoms. The highest BCUT2D eigenvalue weighted by Crippen LogP contribution is 2.32. The Morgan fingerprint density at radius 3 is 2.57 bits per heavy atom. The number of fused-ring (bicyclic) bond motifs is 1. The van der Waals surface area contributed by atoms with Crippen molar-refractivity contribution in [3.8, 4) is 11.3 Å². The van der Waals surface area contributed by atoms with E-state index in [9.17, 15) is 0 Å². The van der Waals surface area contributed by atoms with E-state index in [4.69, 9.17) is 4.98 Å². The fourth-order valence-corrected chi connectivity index (χ4v) is 2.30. The fourth-order valence-electron chi connectivity index (χ4n) is 2.30. The zero-order valence-electron chi connectivity index (χ0n) is 13.0. The Kier molecular flexibility index (Phi) is 2.97. The SMILES string of the molecule is Cc1c(-c2nc3cnccn3c2NC(C)(C)C)cnn1C. The van der Waals surface area contributed by atoms with Gasteiger partial charge in [-0.2, -0.15) is 5.10 Å². The molecular formula is C15H20N6. The third-order valence-corrected chi connectivity index (χ3v) is 3.41. The fraction of sp³-hybridized carbons (Fsp3) is 0.400. The molecule has 0 radical (unpaired) electrons. The molecule has 3 aromatic heterocycles. The molecule has 0 aliphatic rings. The van der Waals surface area contributed by atoms with Crippen LogP contribution in [0.3, 0.4) is 0 Å². The van der Waals surface area contributed by atoms with Gasteiger partial charge in [-0.25, -0.2) is 4.98 Å². The molecular weight excluding hydrogens is 264 g/mol. The minimum Gasteiger partial charge on any atom is -0.365 e. The van der Waals surface area contributed by atoms with Crippen LogP contribution < -0.4 is 5.32 Å². The highest BCUT2D eigenvalue weighted by atomic mass is 15.3. The van der Waals surface area contributed by atoms with Gasteiger partial charge in [0.25, 0.3) is 0 Å². The van der Waals surface area contributed by atoms with Crippen LogP contribution in [0.15, 0.2) is 24.8 Å². The minimum absolute atomic E-state index is 0.0654. The van der Waals surface area contributed by atoms with Gasteiger partial charge in [-0.3, -0.25) is 14.1 Å². The lowest BCUT2D eigenvalue weighted by atomic mass is 10.1. The number of hydrogen-bond acceptors (Lipinski definition) is 4. The quantitative estimate of drug-likeness (QED) is 0.786.